The van der Waals surface area contributed by atoms with E-state index in [1.165, 1.54) is 0 Å². The summed E-state index contributed by atoms with van der Waals surface area (Å²) >= 11 is 6.33. The molecule has 1 aromatic rings. The second-order valence-corrected chi connectivity index (χ2v) is 6.05. The summed E-state index contributed by atoms with van der Waals surface area (Å²) in [5, 5.41) is 13.3. The molecular formula is C15H17ClN2O3. The number of hydrogen-bond donors (Lipinski definition) is 2. The first-order valence-corrected chi connectivity index (χ1v) is 7.42. The van der Waals surface area contributed by atoms with Gasteiger partial charge in [-0.15, -0.1) is 0 Å². The van der Waals surface area contributed by atoms with E-state index in [4.69, 9.17) is 11.6 Å². The Balaban J connectivity index is 1.91. The maximum atomic E-state index is 12.0. The van der Waals surface area contributed by atoms with Crippen molar-refractivity contribution < 1.29 is 14.7 Å². The van der Waals surface area contributed by atoms with Crippen molar-refractivity contribution in [1.82, 2.24) is 10.2 Å². The van der Waals surface area contributed by atoms with E-state index in [1.54, 1.807) is 17.0 Å². The molecule has 0 aromatic heterocycles. The molecule has 0 unspecified atom stereocenters. The number of nitrogens with one attached hydrogen (secondary N) is 1. The molecule has 2 atom stereocenters. The fraction of sp³-hybridized carbons (Fsp3) is 0.467. The second-order valence-electron chi connectivity index (χ2n) is 5.67. The zero-order chi connectivity index (χ0) is 15.1. The Morgan fingerprint density at radius 2 is 2.14 bits per heavy atom. The number of halogens is 1. The summed E-state index contributed by atoms with van der Waals surface area (Å²) in [6, 6.07) is 2.95. The van der Waals surface area contributed by atoms with Crippen molar-refractivity contribution in [3.8, 4) is 5.75 Å². The van der Waals surface area contributed by atoms with Crippen molar-refractivity contribution in [3.05, 3.63) is 28.3 Å². The molecule has 2 heterocycles. The van der Waals surface area contributed by atoms with Crippen molar-refractivity contribution >= 4 is 23.4 Å². The molecule has 1 aromatic carbocycles. The first-order chi connectivity index (χ1) is 9.99. The molecule has 0 spiro atoms. The lowest BCUT2D eigenvalue weighted by Gasteiger charge is -2.41. The minimum Gasteiger partial charge on any atom is -0.508 e. The lowest BCUT2D eigenvalue weighted by molar-refractivity contribution is -0.147. The molecule has 2 fully saturated rings. The van der Waals surface area contributed by atoms with Gasteiger partial charge in [0.25, 0.3) is 0 Å². The largest absolute Gasteiger partial charge is 0.508 e. The summed E-state index contributed by atoms with van der Waals surface area (Å²) in [5.74, 6) is -0.0259. The molecular weight excluding hydrogens is 292 g/mol. The molecule has 2 aliphatic heterocycles. The van der Waals surface area contributed by atoms with Gasteiger partial charge in [0.15, 0.2) is 0 Å². The van der Waals surface area contributed by atoms with E-state index in [9.17, 15) is 14.7 Å². The van der Waals surface area contributed by atoms with Crippen LogP contribution in [0.4, 0.5) is 0 Å². The third-order valence-corrected chi connectivity index (χ3v) is 4.90. The van der Waals surface area contributed by atoms with Crippen LogP contribution in [-0.4, -0.2) is 41.0 Å². The SMILES string of the molecule is Cc1ccc(O)c([C@H]2CCN3C(=O)CNC(=O)[C@H]3C2)c1Cl. The maximum absolute atomic E-state index is 12.0. The fourth-order valence-electron chi connectivity index (χ4n) is 3.24. The van der Waals surface area contributed by atoms with Gasteiger partial charge in [-0.2, -0.15) is 0 Å². The number of phenols is 1. The standard InChI is InChI=1S/C15H17ClN2O3/c1-8-2-3-11(19)13(14(8)16)9-4-5-18-10(6-9)15(21)17-7-12(18)20/h2-3,9-10,19H,4-7H2,1H3,(H,17,21)/t9-,10+/m0/s1. The normalized spacial score (nSPS) is 25.5. The number of carbonyl (C=O) groups is 2. The summed E-state index contributed by atoms with van der Waals surface area (Å²) in [6.07, 6.45) is 1.19. The summed E-state index contributed by atoms with van der Waals surface area (Å²) in [6.45, 7) is 2.49. The molecule has 0 saturated carbocycles. The van der Waals surface area contributed by atoms with E-state index in [0.29, 0.717) is 30.0 Å². The molecule has 2 saturated heterocycles. The fourth-order valence-corrected chi connectivity index (χ4v) is 3.55. The molecule has 112 valence electrons. The molecule has 2 amide bonds. The third kappa shape index (κ3) is 2.35. The van der Waals surface area contributed by atoms with Crippen molar-refractivity contribution in [2.45, 2.75) is 31.7 Å². The highest BCUT2D eigenvalue weighted by atomic mass is 35.5. The van der Waals surface area contributed by atoms with Crippen LogP contribution in [0.25, 0.3) is 0 Å². The van der Waals surface area contributed by atoms with Crippen LogP contribution in [0.3, 0.4) is 0 Å². The van der Waals surface area contributed by atoms with Gasteiger partial charge in [0, 0.05) is 12.1 Å². The predicted molar refractivity (Wildman–Crippen MR) is 78.3 cm³/mol. The van der Waals surface area contributed by atoms with Crippen LogP contribution in [0.2, 0.25) is 5.02 Å². The van der Waals surface area contributed by atoms with Gasteiger partial charge in [-0.25, -0.2) is 0 Å². The molecule has 0 radical (unpaired) electrons. The van der Waals surface area contributed by atoms with Crippen LogP contribution in [0, 0.1) is 6.92 Å². The lowest BCUT2D eigenvalue weighted by atomic mass is 9.83. The maximum Gasteiger partial charge on any atom is 0.243 e. The van der Waals surface area contributed by atoms with Gasteiger partial charge < -0.3 is 15.3 Å². The van der Waals surface area contributed by atoms with Gasteiger partial charge in [0.1, 0.15) is 11.8 Å². The highest BCUT2D eigenvalue weighted by Crippen LogP contribution is 2.41. The molecule has 2 N–H and O–H groups in total. The number of rotatable bonds is 1. The first kappa shape index (κ1) is 14.2. The van der Waals surface area contributed by atoms with E-state index in [2.05, 4.69) is 5.32 Å². The second kappa shape index (κ2) is 5.22. The van der Waals surface area contributed by atoms with Crippen LogP contribution >= 0.6 is 11.6 Å². The number of carbonyl (C=O) groups excluding carboxylic acids is 2. The van der Waals surface area contributed by atoms with E-state index >= 15 is 0 Å². The molecule has 0 bridgehead atoms. The Morgan fingerprint density at radius 1 is 1.38 bits per heavy atom. The van der Waals surface area contributed by atoms with E-state index in [-0.39, 0.29) is 30.0 Å². The topological polar surface area (TPSA) is 69.6 Å². The number of fused-ring (bicyclic) bond motifs is 1. The van der Waals surface area contributed by atoms with Gasteiger partial charge >= 0.3 is 0 Å². The molecule has 6 heteroatoms. The van der Waals surface area contributed by atoms with Gasteiger partial charge in [0.05, 0.1) is 11.6 Å². The summed E-state index contributed by atoms with van der Waals surface area (Å²) in [7, 11) is 0. The molecule has 3 rings (SSSR count). The number of nitrogens with zero attached hydrogens (tertiary/aromatic N) is 1. The summed E-state index contributed by atoms with van der Waals surface area (Å²) in [5.41, 5.74) is 1.60. The predicted octanol–water partition coefficient (Wildman–Crippen LogP) is 1.56. The van der Waals surface area contributed by atoms with Gasteiger partial charge in [-0.3, -0.25) is 9.59 Å². The average molecular weight is 309 g/mol. The van der Waals surface area contributed by atoms with Crippen molar-refractivity contribution in [3.63, 3.8) is 0 Å². The number of piperidine rings is 1. The number of amides is 2. The Labute approximate surface area is 127 Å². The molecule has 21 heavy (non-hydrogen) atoms. The number of benzene rings is 1. The molecule has 0 aliphatic carbocycles. The monoisotopic (exact) mass is 308 g/mol. The smallest absolute Gasteiger partial charge is 0.243 e. The summed E-state index contributed by atoms with van der Waals surface area (Å²) in [4.78, 5) is 25.5. The number of aryl methyl sites for hydroxylation is 1. The minimum atomic E-state index is -0.457. The van der Waals surface area contributed by atoms with Crippen LogP contribution in [0.1, 0.15) is 29.9 Å². The number of phenolic OH excluding ortho intramolecular Hbond substituents is 1. The molecule has 5 nitrogen and oxygen atoms in total. The van der Waals surface area contributed by atoms with Gasteiger partial charge in [-0.05, 0) is 37.3 Å². The molecule has 2 aliphatic rings. The van der Waals surface area contributed by atoms with Crippen molar-refractivity contribution in [1.29, 1.82) is 0 Å². The Kier molecular flexibility index (Phi) is 3.53. The van der Waals surface area contributed by atoms with Crippen LogP contribution < -0.4 is 5.32 Å². The Morgan fingerprint density at radius 3 is 2.90 bits per heavy atom. The zero-order valence-electron chi connectivity index (χ0n) is 11.7. The number of piperazine rings is 1. The van der Waals surface area contributed by atoms with E-state index in [1.807, 2.05) is 6.92 Å². The highest BCUT2D eigenvalue weighted by molar-refractivity contribution is 6.32. The Hall–Kier alpha value is -1.75. The van der Waals surface area contributed by atoms with E-state index < -0.39 is 6.04 Å². The van der Waals surface area contributed by atoms with Gasteiger partial charge in [0.2, 0.25) is 11.8 Å². The third-order valence-electron chi connectivity index (χ3n) is 4.40. The van der Waals surface area contributed by atoms with E-state index in [0.717, 1.165) is 5.56 Å². The average Bonchev–Trinajstić information content (AvgIpc) is 2.47. The highest BCUT2D eigenvalue weighted by Gasteiger charge is 2.40. The number of hydrogen-bond acceptors (Lipinski definition) is 3. The van der Waals surface area contributed by atoms with Crippen LogP contribution in [-0.2, 0) is 9.59 Å². The lowest BCUT2D eigenvalue weighted by Crippen LogP contribution is -2.60. The minimum absolute atomic E-state index is 0.0182. The first-order valence-electron chi connectivity index (χ1n) is 7.04. The quantitative estimate of drug-likeness (QED) is 0.827. The van der Waals surface area contributed by atoms with Gasteiger partial charge in [-0.1, -0.05) is 17.7 Å². The number of aromatic hydroxyl groups is 1. The van der Waals surface area contributed by atoms with Crippen LogP contribution in [0.15, 0.2) is 12.1 Å². The summed E-state index contributed by atoms with van der Waals surface area (Å²) < 4.78 is 0. The van der Waals surface area contributed by atoms with Crippen LogP contribution in [0.5, 0.6) is 5.75 Å². The van der Waals surface area contributed by atoms with Crippen molar-refractivity contribution in [2.75, 3.05) is 13.1 Å². The van der Waals surface area contributed by atoms with Crippen molar-refractivity contribution in [2.24, 2.45) is 0 Å². The Bertz CT molecular complexity index is 617. The zero-order valence-corrected chi connectivity index (χ0v) is 12.5.